The monoisotopic (exact) mass is 268 g/mol. The Balaban J connectivity index is 0.00000225. The molecule has 0 radical (unpaired) electrons. The number of nitrogens with zero attached hydrogens (tertiary/aromatic N) is 1. The highest BCUT2D eigenvalue weighted by Gasteiger charge is 2.32. The Morgan fingerprint density at radius 2 is 2.12 bits per heavy atom. The van der Waals surface area contributed by atoms with E-state index in [1.54, 1.807) is 10.4 Å². The fraction of sp³-hybridized carbons (Fsp3) is 0.800. The number of allylic oxidation sites excluding steroid dienone is 1. The largest absolute Gasteiger partial charge is 0.311 e. The Hall–Kier alpha value is -0.100. The van der Waals surface area contributed by atoms with Gasteiger partial charge in [0.15, 0.2) is 0 Å². The molecule has 0 spiro atoms. The van der Waals surface area contributed by atoms with Crippen LogP contribution in [0.5, 0.6) is 0 Å². The molecule has 1 aliphatic rings. The zero-order valence-electron chi connectivity index (χ0n) is 9.85. The van der Waals surface area contributed by atoms with E-state index in [0.717, 1.165) is 6.54 Å². The molecular formula is C10H21ClN2O2S. The molecule has 2 unspecified atom stereocenters. The summed E-state index contributed by atoms with van der Waals surface area (Å²) in [6, 6.07) is 0.255. The fourth-order valence-electron chi connectivity index (χ4n) is 1.77. The zero-order chi connectivity index (χ0) is 11.5. The molecule has 2 atom stereocenters. The van der Waals surface area contributed by atoms with E-state index in [1.807, 2.05) is 13.8 Å². The van der Waals surface area contributed by atoms with Gasteiger partial charge in [-0.15, -0.1) is 19.0 Å². The minimum absolute atomic E-state index is 0. The Kier molecular flexibility index (Phi) is 6.55. The molecule has 16 heavy (non-hydrogen) atoms. The van der Waals surface area contributed by atoms with Crippen molar-refractivity contribution in [2.45, 2.75) is 32.4 Å². The first-order chi connectivity index (χ1) is 6.99. The van der Waals surface area contributed by atoms with Crippen LogP contribution in [0.15, 0.2) is 12.7 Å². The lowest BCUT2D eigenvalue weighted by Gasteiger charge is -2.37. The third-order valence-corrected chi connectivity index (χ3v) is 4.89. The van der Waals surface area contributed by atoms with Crippen LogP contribution in [0, 0.1) is 0 Å². The van der Waals surface area contributed by atoms with E-state index in [-0.39, 0.29) is 30.2 Å². The maximum atomic E-state index is 12.0. The Labute approximate surface area is 105 Å². The Morgan fingerprint density at radius 3 is 2.69 bits per heavy atom. The van der Waals surface area contributed by atoms with Crippen LogP contribution in [0.1, 0.15) is 20.3 Å². The predicted octanol–water partition coefficient (Wildman–Crippen LogP) is 0.996. The standard InChI is InChI=1S/C10H20N2O2S.ClH/c1-4-5-8-15(13,14)12-7-6-11-9(2)10(12)3;/h4,9-11H,1,5-8H2,2-3H3;1H. The molecule has 0 amide bonds. The molecular weight excluding hydrogens is 248 g/mol. The van der Waals surface area contributed by atoms with Gasteiger partial charge in [0.05, 0.1) is 5.75 Å². The molecule has 0 aliphatic carbocycles. The molecule has 1 N–H and O–H groups in total. The summed E-state index contributed by atoms with van der Waals surface area (Å²) >= 11 is 0. The van der Waals surface area contributed by atoms with Gasteiger partial charge in [-0.1, -0.05) is 6.08 Å². The first-order valence-corrected chi connectivity index (χ1v) is 6.93. The van der Waals surface area contributed by atoms with Crippen molar-refractivity contribution in [3.8, 4) is 0 Å². The second kappa shape index (κ2) is 6.59. The maximum absolute atomic E-state index is 12.0. The summed E-state index contributed by atoms with van der Waals surface area (Å²) in [7, 11) is -3.11. The maximum Gasteiger partial charge on any atom is 0.214 e. The molecule has 96 valence electrons. The van der Waals surface area contributed by atoms with Gasteiger partial charge in [0.2, 0.25) is 10.0 Å². The first-order valence-electron chi connectivity index (χ1n) is 5.33. The lowest BCUT2D eigenvalue weighted by Crippen LogP contribution is -2.57. The predicted molar refractivity (Wildman–Crippen MR) is 69.5 cm³/mol. The highest BCUT2D eigenvalue weighted by molar-refractivity contribution is 7.89. The van der Waals surface area contributed by atoms with Crippen LogP contribution in [-0.2, 0) is 10.0 Å². The van der Waals surface area contributed by atoms with Crippen molar-refractivity contribution in [1.29, 1.82) is 0 Å². The summed E-state index contributed by atoms with van der Waals surface area (Å²) in [5.74, 6) is 0.174. The van der Waals surface area contributed by atoms with Gasteiger partial charge in [0, 0.05) is 25.2 Å². The van der Waals surface area contributed by atoms with E-state index < -0.39 is 10.0 Å². The summed E-state index contributed by atoms with van der Waals surface area (Å²) in [5, 5.41) is 3.26. The van der Waals surface area contributed by atoms with Gasteiger partial charge < -0.3 is 5.32 Å². The van der Waals surface area contributed by atoms with Crippen molar-refractivity contribution < 1.29 is 8.42 Å². The number of hydrogen-bond acceptors (Lipinski definition) is 3. The minimum Gasteiger partial charge on any atom is -0.311 e. The Morgan fingerprint density at radius 1 is 1.50 bits per heavy atom. The molecule has 1 heterocycles. The van der Waals surface area contributed by atoms with Crippen LogP contribution in [0.4, 0.5) is 0 Å². The van der Waals surface area contributed by atoms with Crippen molar-refractivity contribution >= 4 is 22.4 Å². The molecule has 1 aliphatic heterocycles. The third-order valence-electron chi connectivity index (χ3n) is 2.91. The van der Waals surface area contributed by atoms with Crippen LogP contribution in [0.3, 0.4) is 0 Å². The van der Waals surface area contributed by atoms with Crippen molar-refractivity contribution in [3.05, 3.63) is 12.7 Å². The SMILES string of the molecule is C=CCCS(=O)(=O)N1CCNC(C)C1C.Cl. The summed E-state index contributed by atoms with van der Waals surface area (Å²) in [6.07, 6.45) is 2.17. The summed E-state index contributed by atoms with van der Waals surface area (Å²) in [4.78, 5) is 0. The zero-order valence-corrected chi connectivity index (χ0v) is 11.5. The van der Waals surface area contributed by atoms with Gasteiger partial charge in [-0.3, -0.25) is 0 Å². The van der Waals surface area contributed by atoms with Crippen molar-refractivity contribution in [3.63, 3.8) is 0 Å². The second-order valence-electron chi connectivity index (χ2n) is 3.99. The summed E-state index contributed by atoms with van der Waals surface area (Å²) in [5.41, 5.74) is 0. The van der Waals surface area contributed by atoms with Crippen LogP contribution in [0.2, 0.25) is 0 Å². The van der Waals surface area contributed by atoms with Gasteiger partial charge in [-0.05, 0) is 20.3 Å². The Bertz CT molecular complexity index is 319. The minimum atomic E-state index is -3.11. The molecule has 6 heteroatoms. The molecule has 0 aromatic carbocycles. The van der Waals surface area contributed by atoms with Gasteiger partial charge in [-0.2, -0.15) is 4.31 Å². The van der Waals surface area contributed by atoms with Crippen LogP contribution >= 0.6 is 12.4 Å². The van der Waals surface area contributed by atoms with Crippen molar-refractivity contribution in [2.75, 3.05) is 18.8 Å². The first kappa shape index (κ1) is 15.9. The number of nitrogens with one attached hydrogen (secondary N) is 1. The lowest BCUT2D eigenvalue weighted by atomic mass is 10.1. The molecule has 1 rings (SSSR count). The van der Waals surface area contributed by atoms with E-state index in [0.29, 0.717) is 13.0 Å². The highest BCUT2D eigenvalue weighted by Crippen LogP contribution is 2.14. The number of halogens is 1. The van der Waals surface area contributed by atoms with Crippen molar-refractivity contribution in [1.82, 2.24) is 9.62 Å². The van der Waals surface area contributed by atoms with Crippen LogP contribution in [-0.4, -0.2) is 43.6 Å². The number of sulfonamides is 1. The average Bonchev–Trinajstić information content (AvgIpc) is 2.19. The molecule has 0 saturated carbocycles. The lowest BCUT2D eigenvalue weighted by molar-refractivity contribution is 0.233. The quantitative estimate of drug-likeness (QED) is 0.774. The van der Waals surface area contributed by atoms with Crippen molar-refractivity contribution in [2.24, 2.45) is 0 Å². The van der Waals surface area contributed by atoms with E-state index >= 15 is 0 Å². The van der Waals surface area contributed by atoms with E-state index in [1.165, 1.54) is 0 Å². The molecule has 1 saturated heterocycles. The topological polar surface area (TPSA) is 49.4 Å². The summed E-state index contributed by atoms with van der Waals surface area (Å²) in [6.45, 7) is 8.82. The van der Waals surface area contributed by atoms with Gasteiger partial charge in [-0.25, -0.2) is 8.42 Å². The third kappa shape index (κ3) is 3.73. The smallest absolute Gasteiger partial charge is 0.214 e. The summed E-state index contributed by atoms with van der Waals surface area (Å²) < 4.78 is 25.5. The van der Waals surface area contributed by atoms with E-state index in [4.69, 9.17) is 0 Å². The van der Waals surface area contributed by atoms with Gasteiger partial charge in [0.25, 0.3) is 0 Å². The number of hydrogen-bond donors (Lipinski definition) is 1. The normalized spacial score (nSPS) is 27.1. The van der Waals surface area contributed by atoms with E-state index in [2.05, 4.69) is 11.9 Å². The molecule has 0 aromatic heterocycles. The van der Waals surface area contributed by atoms with Gasteiger partial charge >= 0.3 is 0 Å². The molecule has 0 aromatic rings. The van der Waals surface area contributed by atoms with E-state index in [9.17, 15) is 8.42 Å². The highest BCUT2D eigenvalue weighted by atomic mass is 35.5. The molecule has 0 bridgehead atoms. The molecule has 4 nitrogen and oxygen atoms in total. The molecule has 1 fully saturated rings. The second-order valence-corrected chi connectivity index (χ2v) is 6.03. The van der Waals surface area contributed by atoms with Crippen LogP contribution < -0.4 is 5.32 Å². The number of piperazine rings is 1. The fourth-order valence-corrected chi connectivity index (χ4v) is 3.53. The number of rotatable bonds is 4. The average molecular weight is 269 g/mol. The van der Waals surface area contributed by atoms with Crippen LogP contribution in [0.25, 0.3) is 0 Å². The van der Waals surface area contributed by atoms with Gasteiger partial charge in [0.1, 0.15) is 0 Å².